The van der Waals surface area contributed by atoms with E-state index in [4.69, 9.17) is 0 Å². The van der Waals surface area contributed by atoms with Crippen molar-refractivity contribution in [2.45, 2.75) is 13.0 Å². The van der Waals surface area contributed by atoms with E-state index in [0.29, 0.717) is 35.3 Å². The summed E-state index contributed by atoms with van der Waals surface area (Å²) < 4.78 is 3.03. The maximum Gasteiger partial charge on any atom is 0.319 e. The lowest BCUT2D eigenvalue weighted by Crippen LogP contribution is -2.33. The Labute approximate surface area is 227 Å². The fourth-order valence-electron chi connectivity index (χ4n) is 4.99. The van der Waals surface area contributed by atoms with Gasteiger partial charge in [-0.05, 0) is 30.7 Å². The van der Waals surface area contributed by atoms with Crippen molar-refractivity contribution in [3.8, 4) is 0 Å². The van der Waals surface area contributed by atoms with E-state index < -0.39 is 6.03 Å². The van der Waals surface area contributed by atoms with Gasteiger partial charge in [0.05, 0.1) is 23.4 Å². The Kier molecular flexibility index (Phi) is 6.42. The number of imide groups is 1. The molecule has 0 bridgehead atoms. The van der Waals surface area contributed by atoms with E-state index in [-0.39, 0.29) is 30.7 Å². The van der Waals surface area contributed by atoms with E-state index >= 15 is 0 Å². The zero-order valence-corrected chi connectivity index (χ0v) is 21.7. The van der Waals surface area contributed by atoms with Gasteiger partial charge in [0.25, 0.3) is 11.8 Å². The summed E-state index contributed by atoms with van der Waals surface area (Å²) in [7, 11) is 0. The molecule has 0 saturated heterocycles. The molecule has 3 heterocycles. The highest BCUT2D eigenvalue weighted by atomic mass is 32.1. The number of anilines is 1. The number of aromatic nitrogens is 1. The number of nitrogens with one attached hydrogen (secondary N) is 2. The predicted molar refractivity (Wildman–Crippen MR) is 152 cm³/mol. The van der Waals surface area contributed by atoms with Crippen LogP contribution in [-0.2, 0) is 6.54 Å². The Morgan fingerprint density at radius 3 is 2.23 bits per heavy atom. The van der Waals surface area contributed by atoms with Gasteiger partial charge in [0.2, 0.25) is 0 Å². The normalized spacial score (nSPS) is 12.8. The molecule has 8 nitrogen and oxygen atoms in total. The number of thiophene rings is 1. The van der Waals surface area contributed by atoms with Crippen molar-refractivity contribution in [3.63, 3.8) is 0 Å². The summed E-state index contributed by atoms with van der Waals surface area (Å²) in [5.41, 5.74) is 2.95. The lowest BCUT2D eigenvalue weighted by atomic mass is 10.1. The van der Waals surface area contributed by atoms with E-state index in [1.807, 2.05) is 58.5 Å². The first-order valence-corrected chi connectivity index (χ1v) is 13.5. The second kappa shape index (κ2) is 10.2. The van der Waals surface area contributed by atoms with Crippen molar-refractivity contribution < 1.29 is 19.2 Å². The van der Waals surface area contributed by atoms with Gasteiger partial charge in [0, 0.05) is 51.2 Å². The van der Waals surface area contributed by atoms with Gasteiger partial charge in [-0.25, -0.2) is 4.79 Å². The monoisotopic (exact) mass is 536 g/mol. The number of para-hydroxylation sites is 1. The van der Waals surface area contributed by atoms with Gasteiger partial charge in [0.1, 0.15) is 0 Å². The molecule has 39 heavy (non-hydrogen) atoms. The predicted octanol–water partition coefficient (Wildman–Crippen LogP) is 5.55. The van der Waals surface area contributed by atoms with Crippen LogP contribution in [0.4, 0.5) is 10.5 Å². The smallest absolute Gasteiger partial charge is 0.319 e. The number of benzene rings is 3. The molecule has 6 rings (SSSR count). The summed E-state index contributed by atoms with van der Waals surface area (Å²) in [5, 5.41) is 9.11. The Bertz CT molecular complexity index is 1730. The Balaban J connectivity index is 1.11. The molecule has 0 unspecified atom stereocenters. The molecule has 194 valence electrons. The van der Waals surface area contributed by atoms with Gasteiger partial charge >= 0.3 is 6.03 Å². The summed E-state index contributed by atoms with van der Waals surface area (Å²) in [5.74, 6) is -0.761. The summed E-state index contributed by atoms with van der Waals surface area (Å²) in [6.07, 6.45) is 2.31. The van der Waals surface area contributed by atoms with E-state index in [9.17, 15) is 19.2 Å². The third-order valence-corrected chi connectivity index (χ3v) is 7.85. The van der Waals surface area contributed by atoms with Crippen LogP contribution in [0, 0.1) is 0 Å². The van der Waals surface area contributed by atoms with Crippen molar-refractivity contribution in [1.29, 1.82) is 0 Å². The number of fused-ring (bicyclic) bond motifs is 3. The first kappa shape index (κ1) is 24.6. The zero-order chi connectivity index (χ0) is 26.9. The van der Waals surface area contributed by atoms with Gasteiger partial charge < -0.3 is 15.2 Å². The van der Waals surface area contributed by atoms with Crippen molar-refractivity contribution in [2.75, 3.05) is 18.4 Å². The first-order chi connectivity index (χ1) is 19.0. The van der Waals surface area contributed by atoms with Gasteiger partial charge in [-0.3, -0.25) is 19.3 Å². The standard InChI is InChI=1S/C30H24N4O4S/c35-26(16-31-30(38)32-24-18-39-27-13-6-4-11-22(24)27)23-17-33(25-12-5-3-8-19(23)25)14-7-15-34-28(36)20-9-1-2-10-21(20)29(34)37/h1-6,8-13,17-18H,7,14-16H2,(H2,31,32,38). The van der Waals surface area contributed by atoms with Crippen LogP contribution in [0.3, 0.4) is 0 Å². The minimum Gasteiger partial charge on any atom is -0.347 e. The maximum absolute atomic E-state index is 13.1. The number of hydrogen-bond donors (Lipinski definition) is 2. The first-order valence-electron chi connectivity index (χ1n) is 12.6. The number of hydrogen-bond acceptors (Lipinski definition) is 5. The molecule has 0 spiro atoms. The minimum absolute atomic E-state index is 0.156. The zero-order valence-electron chi connectivity index (χ0n) is 20.8. The maximum atomic E-state index is 13.1. The SMILES string of the molecule is O=C(NCC(=O)c1cn(CCCN2C(=O)c3ccccc3C2=O)c2ccccc12)Nc1csc2ccccc12. The minimum atomic E-state index is -0.448. The number of carbonyl (C=O) groups excluding carboxylic acids is 4. The molecular weight excluding hydrogens is 512 g/mol. The summed E-state index contributed by atoms with van der Waals surface area (Å²) in [6, 6.07) is 21.7. The van der Waals surface area contributed by atoms with E-state index in [2.05, 4.69) is 10.6 Å². The van der Waals surface area contributed by atoms with Gasteiger partial charge in [-0.15, -0.1) is 11.3 Å². The molecular formula is C30H24N4O4S. The summed E-state index contributed by atoms with van der Waals surface area (Å²) in [4.78, 5) is 52.3. The van der Waals surface area contributed by atoms with Crippen LogP contribution in [0.15, 0.2) is 84.4 Å². The average molecular weight is 537 g/mol. The van der Waals surface area contributed by atoms with E-state index in [1.165, 1.54) is 4.90 Å². The number of aryl methyl sites for hydroxylation is 1. The largest absolute Gasteiger partial charge is 0.347 e. The molecule has 0 radical (unpaired) electrons. The number of nitrogens with zero attached hydrogens (tertiary/aromatic N) is 2. The van der Waals surface area contributed by atoms with Crippen molar-refractivity contribution in [2.24, 2.45) is 0 Å². The van der Waals surface area contributed by atoms with Crippen LogP contribution in [0.5, 0.6) is 0 Å². The topological polar surface area (TPSA) is 101 Å². The molecule has 1 aliphatic rings. The van der Waals surface area contributed by atoms with Crippen LogP contribution in [0.25, 0.3) is 21.0 Å². The second-order valence-electron chi connectivity index (χ2n) is 9.29. The molecule has 0 atom stereocenters. The van der Waals surface area contributed by atoms with Crippen molar-refractivity contribution >= 4 is 61.6 Å². The van der Waals surface area contributed by atoms with Crippen molar-refractivity contribution in [3.05, 3.63) is 101 Å². The molecule has 0 aliphatic carbocycles. The van der Waals surface area contributed by atoms with Gasteiger partial charge in [-0.2, -0.15) is 0 Å². The van der Waals surface area contributed by atoms with Gasteiger partial charge in [0.15, 0.2) is 5.78 Å². The summed E-state index contributed by atoms with van der Waals surface area (Å²) in [6.45, 7) is 0.637. The second-order valence-corrected chi connectivity index (χ2v) is 10.2. The van der Waals surface area contributed by atoms with Crippen LogP contribution < -0.4 is 10.6 Å². The van der Waals surface area contributed by atoms with Crippen LogP contribution in [0.1, 0.15) is 37.5 Å². The average Bonchev–Trinajstić information content (AvgIpc) is 3.61. The number of amides is 4. The highest BCUT2D eigenvalue weighted by Crippen LogP contribution is 2.30. The molecule has 9 heteroatoms. The highest BCUT2D eigenvalue weighted by molar-refractivity contribution is 7.17. The fraction of sp³-hybridized carbons (Fsp3) is 0.133. The summed E-state index contributed by atoms with van der Waals surface area (Å²) >= 11 is 1.54. The number of Topliss-reactive ketones (excluding diaryl/α,β-unsaturated/α-hetero) is 1. The lowest BCUT2D eigenvalue weighted by Gasteiger charge is -2.14. The lowest BCUT2D eigenvalue weighted by molar-refractivity contribution is 0.0650. The highest BCUT2D eigenvalue weighted by Gasteiger charge is 2.34. The fourth-order valence-corrected chi connectivity index (χ4v) is 5.89. The quantitative estimate of drug-likeness (QED) is 0.201. The Morgan fingerprint density at radius 2 is 1.46 bits per heavy atom. The Hall–Kier alpha value is -4.76. The third-order valence-electron chi connectivity index (χ3n) is 6.89. The van der Waals surface area contributed by atoms with E-state index in [1.54, 1.807) is 41.8 Å². The number of rotatable bonds is 8. The van der Waals surface area contributed by atoms with E-state index in [0.717, 1.165) is 21.0 Å². The van der Waals surface area contributed by atoms with Crippen LogP contribution in [0.2, 0.25) is 0 Å². The van der Waals surface area contributed by atoms with Crippen LogP contribution in [-0.4, -0.2) is 46.2 Å². The molecule has 0 fully saturated rings. The van der Waals surface area contributed by atoms with Gasteiger partial charge in [-0.1, -0.05) is 48.5 Å². The molecule has 2 aromatic heterocycles. The van der Waals surface area contributed by atoms with Crippen LogP contribution >= 0.6 is 11.3 Å². The van der Waals surface area contributed by atoms with Crippen molar-refractivity contribution in [1.82, 2.24) is 14.8 Å². The molecule has 3 aromatic carbocycles. The molecule has 0 saturated carbocycles. The Morgan fingerprint density at radius 1 is 0.795 bits per heavy atom. The molecule has 2 N–H and O–H groups in total. The molecule has 1 aliphatic heterocycles. The number of ketones is 1. The molecule has 5 aromatic rings. The molecule has 4 amide bonds. The number of carbonyl (C=O) groups is 4. The third kappa shape index (κ3) is 4.57. The number of urea groups is 1.